The van der Waals surface area contributed by atoms with E-state index in [0.29, 0.717) is 10.5 Å². The first-order chi connectivity index (χ1) is 6.59. The van der Waals surface area contributed by atoms with E-state index in [1.807, 2.05) is 18.2 Å². The fourth-order valence-electron chi connectivity index (χ4n) is 1.30. The van der Waals surface area contributed by atoms with E-state index in [-0.39, 0.29) is 0 Å². The van der Waals surface area contributed by atoms with Gasteiger partial charge in [0, 0.05) is 20.2 Å². The van der Waals surface area contributed by atoms with Crippen LogP contribution >= 0.6 is 27.3 Å². The maximum absolute atomic E-state index is 9.05. The van der Waals surface area contributed by atoms with Crippen molar-refractivity contribution in [3.8, 4) is 0 Å². The lowest BCUT2D eigenvalue weighted by atomic mass is 9.88. The molecule has 1 aromatic carbocycles. The quantitative estimate of drug-likeness (QED) is 0.676. The van der Waals surface area contributed by atoms with Gasteiger partial charge in [-0.05, 0) is 12.1 Å². The molecule has 0 spiro atoms. The van der Waals surface area contributed by atoms with E-state index >= 15 is 0 Å². The molecular formula is C8H7BBrNO2S. The minimum atomic E-state index is -1.49. The zero-order chi connectivity index (χ0) is 10.3. The van der Waals surface area contributed by atoms with Crippen LogP contribution in [0.5, 0.6) is 0 Å². The Balaban J connectivity index is 2.73. The van der Waals surface area contributed by atoms with E-state index in [1.54, 1.807) is 0 Å². The van der Waals surface area contributed by atoms with E-state index < -0.39 is 7.12 Å². The second-order valence-electron chi connectivity index (χ2n) is 2.89. The van der Waals surface area contributed by atoms with E-state index in [2.05, 4.69) is 15.9 Å². The lowest BCUT2D eigenvalue weighted by molar-refractivity contribution is 0.427. The van der Waals surface area contributed by atoms with Crippen LogP contribution in [0.3, 0.4) is 0 Å². The maximum atomic E-state index is 9.05. The van der Waals surface area contributed by atoms with Crippen molar-refractivity contribution < 1.29 is 10.0 Å². The normalized spacial score (nSPS) is 10.8. The summed E-state index contributed by atoms with van der Waals surface area (Å²) in [6, 6.07) is 5.64. The molecule has 0 fully saturated rings. The van der Waals surface area contributed by atoms with Gasteiger partial charge in [0.1, 0.15) is 0 Å². The zero-order valence-electron chi connectivity index (χ0n) is 7.07. The molecule has 14 heavy (non-hydrogen) atoms. The Morgan fingerprint density at radius 3 is 2.71 bits per heavy atom. The molecule has 1 aromatic heterocycles. The van der Waals surface area contributed by atoms with Crippen LogP contribution < -0.4 is 10.5 Å². The first-order valence-electron chi connectivity index (χ1n) is 3.93. The van der Waals surface area contributed by atoms with Gasteiger partial charge >= 0.3 is 7.12 Å². The smallest absolute Gasteiger partial charge is 0.423 e. The Hall–Kier alpha value is -0.555. The fourth-order valence-corrected chi connectivity index (χ4v) is 2.85. The largest absolute Gasteiger partial charge is 0.501 e. The SMILES string of the molecule is Nc1c(B(O)O)sc2cc(Br)ccc12. The Bertz CT molecular complexity index is 485. The van der Waals surface area contributed by atoms with Gasteiger partial charge in [-0.3, -0.25) is 0 Å². The average molecular weight is 272 g/mol. The molecule has 4 N–H and O–H groups in total. The predicted octanol–water partition coefficient (Wildman–Crippen LogP) is 0.926. The van der Waals surface area contributed by atoms with Crippen molar-refractivity contribution in [1.29, 1.82) is 0 Å². The molecule has 72 valence electrons. The first-order valence-corrected chi connectivity index (χ1v) is 5.54. The molecule has 0 unspecified atom stereocenters. The summed E-state index contributed by atoms with van der Waals surface area (Å²) < 4.78 is 2.29. The average Bonchev–Trinajstić information content (AvgIpc) is 2.43. The molecule has 2 aromatic rings. The van der Waals surface area contributed by atoms with Crippen molar-refractivity contribution in [3.05, 3.63) is 22.7 Å². The van der Waals surface area contributed by atoms with Crippen LogP contribution in [0.2, 0.25) is 0 Å². The number of hydrogen-bond acceptors (Lipinski definition) is 4. The van der Waals surface area contributed by atoms with Gasteiger partial charge in [0.15, 0.2) is 0 Å². The molecule has 1 heterocycles. The molecule has 0 atom stereocenters. The standard InChI is InChI=1S/C8H7BBrNO2S/c10-4-1-2-5-6(3-4)14-8(7(5)11)9(12)13/h1-3,12-13H,11H2. The van der Waals surface area contributed by atoms with Crippen molar-refractivity contribution in [2.75, 3.05) is 5.73 Å². The summed E-state index contributed by atoms with van der Waals surface area (Å²) in [5.74, 6) is 0. The van der Waals surface area contributed by atoms with Gasteiger partial charge in [0.25, 0.3) is 0 Å². The van der Waals surface area contributed by atoms with Gasteiger partial charge in [0.05, 0.1) is 4.78 Å². The van der Waals surface area contributed by atoms with Crippen LogP contribution in [0.4, 0.5) is 5.69 Å². The number of benzene rings is 1. The number of nitrogen functional groups attached to an aromatic ring is 1. The number of halogens is 1. The fraction of sp³-hybridized carbons (Fsp3) is 0. The van der Waals surface area contributed by atoms with Gasteiger partial charge in [-0.15, -0.1) is 11.3 Å². The summed E-state index contributed by atoms with van der Waals surface area (Å²) in [5.41, 5.74) is 6.22. The van der Waals surface area contributed by atoms with Gasteiger partial charge < -0.3 is 15.8 Å². The molecule has 2 rings (SSSR count). The third kappa shape index (κ3) is 1.54. The maximum Gasteiger partial charge on any atom is 0.501 e. The minimum absolute atomic E-state index is 0.401. The number of thiophene rings is 1. The molecule has 0 saturated heterocycles. The molecule has 0 aliphatic rings. The Labute approximate surface area is 93.4 Å². The second-order valence-corrected chi connectivity index (χ2v) is 4.89. The molecule has 0 aliphatic carbocycles. The molecule has 0 amide bonds. The number of hydrogen-bond donors (Lipinski definition) is 3. The van der Waals surface area contributed by atoms with Crippen LogP contribution in [0.1, 0.15) is 0 Å². The number of fused-ring (bicyclic) bond motifs is 1. The van der Waals surface area contributed by atoms with Crippen LogP contribution in [-0.2, 0) is 0 Å². The summed E-state index contributed by atoms with van der Waals surface area (Å²) in [6.07, 6.45) is 0. The van der Waals surface area contributed by atoms with Crippen molar-refractivity contribution in [3.63, 3.8) is 0 Å². The topological polar surface area (TPSA) is 66.5 Å². The third-order valence-electron chi connectivity index (χ3n) is 1.95. The number of nitrogens with two attached hydrogens (primary N) is 1. The molecule has 0 radical (unpaired) electrons. The van der Waals surface area contributed by atoms with Crippen LogP contribution in [0.25, 0.3) is 10.1 Å². The van der Waals surface area contributed by atoms with Crippen LogP contribution in [-0.4, -0.2) is 17.2 Å². The minimum Gasteiger partial charge on any atom is -0.423 e. The van der Waals surface area contributed by atoms with Crippen molar-refractivity contribution in [1.82, 2.24) is 0 Å². The number of anilines is 1. The Morgan fingerprint density at radius 1 is 1.36 bits per heavy atom. The van der Waals surface area contributed by atoms with Crippen molar-refractivity contribution in [2.45, 2.75) is 0 Å². The molecular weight excluding hydrogens is 265 g/mol. The number of rotatable bonds is 1. The van der Waals surface area contributed by atoms with Crippen molar-refractivity contribution >= 4 is 54.9 Å². The highest BCUT2D eigenvalue weighted by Crippen LogP contribution is 2.28. The molecule has 0 bridgehead atoms. The summed E-state index contributed by atoms with van der Waals surface area (Å²) in [6.45, 7) is 0. The van der Waals surface area contributed by atoms with Crippen LogP contribution in [0.15, 0.2) is 22.7 Å². The van der Waals surface area contributed by atoms with Gasteiger partial charge in [0.2, 0.25) is 0 Å². The highest BCUT2D eigenvalue weighted by molar-refractivity contribution is 9.10. The van der Waals surface area contributed by atoms with E-state index in [1.165, 1.54) is 11.3 Å². The first kappa shape index (κ1) is 9.98. The van der Waals surface area contributed by atoms with Gasteiger partial charge in [-0.1, -0.05) is 22.0 Å². The van der Waals surface area contributed by atoms with Crippen molar-refractivity contribution in [2.24, 2.45) is 0 Å². The molecule has 0 aliphatic heterocycles. The lowest BCUT2D eigenvalue weighted by Gasteiger charge is -1.95. The summed E-state index contributed by atoms with van der Waals surface area (Å²) in [5, 5.41) is 19.0. The van der Waals surface area contributed by atoms with E-state index in [0.717, 1.165) is 14.6 Å². The Morgan fingerprint density at radius 2 is 2.07 bits per heavy atom. The van der Waals surface area contributed by atoms with Gasteiger partial charge in [-0.2, -0.15) is 0 Å². The van der Waals surface area contributed by atoms with Gasteiger partial charge in [-0.25, -0.2) is 0 Å². The zero-order valence-corrected chi connectivity index (χ0v) is 9.47. The predicted molar refractivity (Wildman–Crippen MR) is 63.8 cm³/mol. The molecule has 3 nitrogen and oxygen atoms in total. The summed E-state index contributed by atoms with van der Waals surface area (Å²) >= 11 is 4.64. The molecule has 0 saturated carbocycles. The monoisotopic (exact) mass is 271 g/mol. The molecule has 6 heteroatoms. The lowest BCUT2D eigenvalue weighted by Crippen LogP contribution is -2.28. The summed E-state index contributed by atoms with van der Waals surface area (Å²) in [4.78, 5) is 0. The summed E-state index contributed by atoms with van der Waals surface area (Å²) in [7, 11) is -1.49. The second kappa shape index (κ2) is 3.54. The Kier molecular flexibility index (Phi) is 2.53. The highest BCUT2D eigenvalue weighted by Gasteiger charge is 2.19. The van der Waals surface area contributed by atoms with E-state index in [9.17, 15) is 0 Å². The third-order valence-corrected chi connectivity index (χ3v) is 3.66. The highest BCUT2D eigenvalue weighted by atomic mass is 79.9. The van der Waals surface area contributed by atoms with E-state index in [4.69, 9.17) is 15.8 Å². The van der Waals surface area contributed by atoms with Crippen LogP contribution in [0, 0.1) is 0 Å².